The third-order valence-corrected chi connectivity index (χ3v) is 7.69. The van der Waals surface area contributed by atoms with E-state index >= 15 is 0 Å². The quantitative estimate of drug-likeness (QED) is 0.452. The lowest BCUT2D eigenvalue weighted by atomic mass is 10.3. The van der Waals surface area contributed by atoms with E-state index in [0.29, 0.717) is 18.2 Å². The molecule has 6 nitrogen and oxygen atoms in total. The van der Waals surface area contributed by atoms with Gasteiger partial charge in [0.15, 0.2) is 15.0 Å². The Balaban J connectivity index is 0.00000320. The molecule has 3 aromatic rings. The third kappa shape index (κ3) is 5.95. The van der Waals surface area contributed by atoms with Gasteiger partial charge < -0.3 is 4.90 Å². The van der Waals surface area contributed by atoms with Crippen LogP contribution in [0.25, 0.3) is 10.2 Å². The van der Waals surface area contributed by atoms with Crippen LogP contribution in [0.2, 0.25) is 0 Å². The molecular formula is C20H24ClN3O3S3. The smallest absolute Gasteiger partial charge is 0.244 e. The minimum atomic E-state index is -3.72. The molecule has 0 saturated heterocycles. The molecule has 10 heteroatoms. The zero-order valence-electron chi connectivity index (χ0n) is 16.9. The zero-order chi connectivity index (χ0) is 21.0. The Labute approximate surface area is 191 Å². The summed E-state index contributed by atoms with van der Waals surface area (Å²) in [5.41, 5.74) is 0.802. The van der Waals surface area contributed by atoms with E-state index in [-0.39, 0.29) is 17.3 Å². The van der Waals surface area contributed by atoms with Crippen LogP contribution in [0.4, 0.5) is 5.13 Å². The number of thioether (sulfide) groups is 1. The Morgan fingerprint density at radius 3 is 2.43 bits per heavy atom. The first kappa shape index (κ1) is 24.6. The van der Waals surface area contributed by atoms with Crippen molar-refractivity contribution in [1.82, 2.24) is 9.88 Å². The van der Waals surface area contributed by atoms with E-state index in [9.17, 15) is 13.2 Å². The minimum Gasteiger partial charge on any atom is -0.308 e. The molecule has 0 fully saturated rings. The van der Waals surface area contributed by atoms with Crippen LogP contribution in [-0.4, -0.2) is 63.4 Å². The Kier molecular flexibility index (Phi) is 8.69. The summed E-state index contributed by atoms with van der Waals surface area (Å²) in [6.45, 7) is 0.967. The van der Waals surface area contributed by atoms with Crippen molar-refractivity contribution in [2.75, 3.05) is 44.1 Å². The van der Waals surface area contributed by atoms with Crippen molar-refractivity contribution < 1.29 is 13.2 Å². The Bertz CT molecular complexity index is 1100. The van der Waals surface area contributed by atoms with Crippen LogP contribution in [0.15, 0.2) is 58.3 Å². The number of rotatable bonds is 8. The Hall–Kier alpha value is -1.65. The van der Waals surface area contributed by atoms with Crippen LogP contribution in [0.5, 0.6) is 0 Å². The normalized spacial score (nSPS) is 11.5. The highest BCUT2D eigenvalue weighted by Crippen LogP contribution is 2.32. The van der Waals surface area contributed by atoms with Crippen molar-refractivity contribution in [3.63, 3.8) is 0 Å². The number of sulfone groups is 1. The SMILES string of the molecule is CSc1ccc2nc(N(CCN(C)C)C(=O)CS(=O)(=O)c3ccccc3)sc2c1.Cl. The number of carbonyl (C=O) groups is 1. The number of amides is 1. The number of fused-ring (bicyclic) bond motifs is 1. The molecule has 0 bridgehead atoms. The predicted molar refractivity (Wildman–Crippen MR) is 128 cm³/mol. The molecule has 0 N–H and O–H groups in total. The number of benzene rings is 2. The fraction of sp³-hybridized carbons (Fsp3) is 0.300. The van der Waals surface area contributed by atoms with Crippen molar-refractivity contribution in [3.8, 4) is 0 Å². The van der Waals surface area contributed by atoms with E-state index < -0.39 is 21.5 Å². The van der Waals surface area contributed by atoms with E-state index in [1.54, 1.807) is 30.0 Å². The zero-order valence-corrected chi connectivity index (χ0v) is 20.2. The van der Waals surface area contributed by atoms with Gasteiger partial charge in [-0.3, -0.25) is 9.69 Å². The molecule has 162 valence electrons. The molecule has 0 aliphatic rings. The number of hydrogen-bond donors (Lipinski definition) is 0. The van der Waals surface area contributed by atoms with Crippen LogP contribution < -0.4 is 4.90 Å². The van der Waals surface area contributed by atoms with Crippen LogP contribution in [0, 0.1) is 0 Å². The molecule has 1 heterocycles. The number of likely N-dealkylation sites (N-methyl/N-ethyl adjacent to an activating group) is 1. The predicted octanol–water partition coefficient (Wildman–Crippen LogP) is 3.81. The minimum absolute atomic E-state index is 0. The summed E-state index contributed by atoms with van der Waals surface area (Å²) in [6, 6.07) is 14.0. The highest BCUT2D eigenvalue weighted by Gasteiger charge is 2.26. The molecule has 0 aliphatic carbocycles. The average Bonchev–Trinajstić information content (AvgIpc) is 3.10. The number of thiazole rings is 1. The van der Waals surface area contributed by atoms with Crippen molar-refractivity contribution in [1.29, 1.82) is 0 Å². The largest absolute Gasteiger partial charge is 0.308 e. The monoisotopic (exact) mass is 485 g/mol. The number of anilines is 1. The van der Waals surface area contributed by atoms with Gasteiger partial charge in [0, 0.05) is 18.0 Å². The summed E-state index contributed by atoms with van der Waals surface area (Å²) in [5.74, 6) is -1.06. The van der Waals surface area contributed by atoms with Gasteiger partial charge in [-0.1, -0.05) is 29.5 Å². The van der Waals surface area contributed by atoms with E-state index in [1.807, 2.05) is 43.5 Å². The molecule has 0 unspecified atom stereocenters. The molecule has 0 radical (unpaired) electrons. The first-order valence-electron chi connectivity index (χ1n) is 8.97. The van der Waals surface area contributed by atoms with Gasteiger partial charge in [0.05, 0.1) is 15.1 Å². The molecule has 1 amide bonds. The molecule has 0 atom stereocenters. The van der Waals surface area contributed by atoms with E-state index in [2.05, 4.69) is 4.98 Å². The molecule has 0 spiro atoms. The molecule has 0 saturated carbocycles. The summed E-state index contributed by atoms with van der Waals surface area (Å²) >= 11 is 3.04. The topological polar surface area (TPSA) is 70.6 Å². The van der Waals surface area contributed by atoms with Crippen molar-refractivity contribution in [2.45, 2.75) is 9.79 Å². The van der Waals surface area contributed by atoms with Gasteiger partial charge in [-0.15, -0.1) is 24.2 Å². The number of hydrogen-bond acceptors (Lipinski definition) is 7. The van der Waals surface area contributed by atoms with Crippen LogP contribution in [0.1, 0.15) is 0 Å². The third-order valence-electron chi connectivity index (χ3n) is 4.30. The van der Waals surface area contributed by atoms with Crippen LogP contribution in [-0.2, 0) is 14.6 Å². The molecule has 30 heavy (non-hydrogen) atoms. The van der Waals surface area contributed by atoms with Crippen molar-refractivity contribution in [2.24, 2.45) is 0 Å². The summed E-state index contributed by atoms with van der Waals surface area (Å²) in [6.07, 6.45) is 2.00. The average molecular weight is 486 g/mol. The lowest BCUT2D eigenvalue weighted by molar-refractivity contribution is -0.116. The second kappa shape index (κ2) is 10.6. The number of carbonyl (C=O) groups excluding carboxylic acids is 1. The first-order chi connectivity index (χ1) is 13.8. The molecule has 0 aliphatic heterocycles. The van der Waals surface area contributed by atoms with Gasteiger partial charge in [-0.25, -0.2) is 13.4 Å². The van der Waals surface area contributed by atoms with E-state index in [1.165, 1.54) is 28.4 Å². The maximum Gasteiger partial charge on any atom is 0.244 e. The van der Waals surface area contributed by atoms with E-state index in [4.69, 9.17) is 0 Å². The number of aromatic nitrogens is 1. The number of halogens is 1. The number of nitrogens with zero attached hydrogens (tertiary/aromatic N) is 3. The van der Waals surface area contributed by atoms with E-state index in [0.717, 1.165) is 15.1 Å². The maximum atomic E-state index is 13.0. The van der Waals surface area contributed by atoms with Crippen molar-refractivity contribution >= 4 is 66.6 Å². The van der Waals surface area contributed by atoms with Gasteiger partial charge in [0.2, 0.25) is 5.91 Å². The van der Waals surface area contributed by atoms with Gasteiger partial charge >= 0.3 is 0 Å². The lowest BCUT2D eigenvalue weighted by Crippen LogP contribution is -2.40. The summed E-state index contributed by atoms with van der Waals surface area (Å²) in [7, 11) is 0.0953. The molecule has 1 aromatic heterocycles. The fourth-order valence-electron chi connectivity index (χ4n) is 2.71. The second-order valence-electron chi connectivity index (χ2n) is 6.75. The lowest BCUT2D eigenvalue weighted by Gasteiger charge is -2.22. The van der Waals surface area contributed by atoms with Crippen LogP contribution in [0.3, 0.4) is 0 Å². The first-order valence-corrected chi connectivity index (χ1v) is 12.7. The van der Waals surface area contributed by atoms with Gasteiger partial charge in [-0.05, 0) is 50.7 Å². The van der Waals surface area contributed by atoms with Gasteiger partial charge in [0.25, 0.3) is 0 Å². The Morgan fingerprint density at radius 2 is 1.80 bits per heavy atom. The molecule has 2 aromatic carbocycles. The fourth-order valence-corrected chi connectivity index (χ4v) is 5.50. The van der Waals surface area contributed by atoms with Crippen molar-refractivity contribution in [3.05, 3.63) is 48.5 Å². The highest BCUT2D eigenvalue weighted by atomic mass is 35.5. The highest BCUT2D eigenvalue weighted by molar-refractivity contribution is 7.98. The summed E-state index contributed by atoms with van der Waals surface area (Å²) < 4.78 is 26.4. The Morgan fingerprint density at radius 1 is 1.10 bits per heavy atom. The summed E-state index contributed by atoms with van der Waals surface area (Å²) in [4.78, 5) is 22.3. The molecular weight excluding hydrogens is 462 g/mol. The van der Waals surface area contributed by atoms with Gasteiger partial charge in [-0.2, -0.15) is 0 Å². The molecule has 3 rings (SSSR count). The van der Waals surface area contributed by atoms with Gasteiger partial charge in [0.1, 0.15) is 5.75 Å². The van der Waals surface area contributed by atoms with Crippen LogP contribution >= 0.6 is 35.5 Å². The standard InChI is InChI=1S/C20H23N3O3S3.ClH/c1-22(2)11-12-23(19(24)14-29(25,26)16-7-5-4-6-8-16)20-21-17-10-9-15(27-3)13-18(17)28-20;/h4-10,13H,11-12,14H2,1-3H3;1H. The maximum absolute atomic E-state index is 13.0. The summed E-state index contributed by atoms with van der Waals surface area (Å²) in [5, 5.41) is 0.522. The second-order valence-corrected chi connectivity index (χ2v) is 10.6.